The molecule has 5 nitrogen and oxygen atoms in total. The number of fused-ring (bicyclic) bond motifs is 1. The fourth-order valence-electron chi connectivity index (χ4n) is 3.21. The number of benzene rings is 2. The van der Waals surface area contributed by atoms with E-state index in [0.717, 1.165) is 22.4 Å². The van der Waals surface area contributed by atoms with Gasteiger partial charge in [0.05, 0.1) is 0 Å². The highest BCUT2D eigenvalue weighted by Gasteiger charge is 2.12. The summed E-state index contributed by atoms with van der Waals surface area (Å²) in [7, 11) is 3.80. The molecule has 1 N–H and O–H groups in total. The van der Waals surface area contributed by atoms with Gasteiger partial charge < -0.3 is 9.88 Å². The van der Waals surface area contributed by atoms with Gasteiger partial charge in [0.1, 0.15) is 5.69 Å². The zero-order valence-electron chi connectivity index (χ0n) is 15.0. The first kappa shape index (κ1) is 16.1. The third-order valence-corrected chi connectivity index (χ3v) is 4.75. The summed E-state index contributed by atoms with van der Waals surface area (Å²) in [5, 5.41) is 8.23. The average Bonchev–Trinajstić information content (AvgIpc) is 3.22. The monoisotopic (exact) mass is 344 g/mol. The highest BCUT2D eigenvalue weighted by atomic mass is 16.2. The highest BCUT2D eigenvalue weighted by Crippen LogP contribution is 2.28. The molecule has 0 saturated carbocycles. The van der Waals surface area contributed by atoms with Crippen LogP contribution in [0.15, 0.2) is 60.9 Å². The van der Waals surface area contributed by atoms with Gasteiger partial charge in [0.2, 0.25) is 0 Å². The maximum Gasteiger partial charge on any atom is 0.273 e. The molecule has 2 aromatic carbocycles. The van der Waals surface area contributed by atoms with Crippen LogP contribution < -0.4 is 5.32 Å². The molecular weight excluding hydrogens is 324 g/mol. The maximum atomic E-state index is 12.4. The van der Waals surface area contributed by atoms with Gasteiger partial charge in [0.25, 0.3) is 5.91 Å². The molecule has 0 spiro atoms. The van der Waals surface area contributed by atoms with Crippen LogP contribution in [-0.2, 0) is 14.1 Å². The minimum absolute atomic E-state index is 0.161. The quantitative estimate of drug-likeness (QED) is 0.607. The molecule has 0 atom stereocenters. The van der Waals surface area contributed by atoms with Crippen LogP contribution in [-0.4, -0.2) is 20.3 Å². The van der Waals surface area contributed by atoms with Crippen molar-refractivity contribution in [2.24, 2.45) is 14.1 Å². The van der Waals surface area contributed by atoms with Crippen LogP contribution in [0.1, 0.15) is 16.1 Å². The lowest BCUT2D eigenvalue weighted by Gasteiger charge is -2.11. The van der Waals surface area contributed by atoms with Crippen molar-refractivity contribution in [1.29, 1.82) is 0 Å². The van der Waals surface area contributed by atoms with Crippen molar-refractivity contribution in [3.63, 3.8) is 0 Å². The average molecular weight is 344 g/mol. The van der Waals surface area contributed by atoms with Gasteiger partial charge in [0, 0.05) is 37.7 Å². The predicted molar refractivity (Wildman–Crippen MR) is 104 cm³/mol. The number of hydrogen-bond donors (Lipinski definition) is 1. The topological polar surface area (TPSA) is 51.9 Å². The number of aryl methyl sites for hydroxylation is 3. The molecule has 0 unspecified atom stereocenters. The molecule has 130 valence electrons. The van der Waals surface area contributed by atoms with Gasteiger partial charge in [-0.1, -0.05) is 18.2 Å². The van der Waals surface area contributed by atoms with Gasteiger partial charge in [0.15, 0.2) is 0 Å². The van der Waals surface area contributed by atoms with Crippen molar-refractivity contribution in [1.82, 2.24) is 14.3 Å². The number of anilines is 1. The van der Waals surface area contributed by atoms with E-state index in [-0.39, 0.29) is 5.91 Å². The van der Waals surface area contributed by atoms with Crippen molar-refractivity contribution in [2.75, 3.05) is 5.32 Å². The van der Waals surface area contributed by atoms with Gasteiger partial charge in [-0.25, -0.2) is 0 Å². The minimum Gasteiger partial charge on any atom is -0.351 e. The van der Waals surface area contributed by atoms with E-state index in [1.54, 1.807) is 24.0 Å². The lowest BCUT2D eigenvalue weighted by molar-refractivity contribution is 0.101. The highest BCUT2D eigenvalue weighted by molar-refractivity contribution is 6.03. The van der Waals surface area contributed by atoms with Crippen molar-refractivity contribution in [3.8, 4) is 11.1 Å². The van der Waals surface area contributed by atoms with Crippen molar-refractivity contribution >= 4 is 22.5 Å². The molecule has 0 radical (unpaired) electrons. The lowest BCUT2D eigenvalue weighted by atomic mass is 10.0. The van der Waals surface area contributed by atoms with E-state index in [1.807, 2.05) is 19.1 Å². The Labute approximate surface area is 151 Å². The summed E-state index contributed by atoms with van der Waals surface area (Å²) in [6.45, 7) is 2.00. The Morgan fingerprint density at radius 3 is 2.50 bits per heavy atom. The molecular formula is C21H20N4O. The van der Waals surface area contributed by atoms with Crippen LogP contribution in [0.4, 0.5) is 5.69 Å². The Balaban J connectivity index is 1.63. The Kier molecular flexibility index (Phi) is 3.84. The number of nitrogens with zero attached hydrogens (tertiary/aromatic N) is 3. The molecule has 0 aliphatic carbocycles. The molecule has 4 aromatic rings. The van der Waals surface area contributed by atoms with E-state index >= 15 is 0 Å². The molecule has 0 saturated heterocycles. The molecule has 2 heterocycles. The van der Waals surface area contributed by atoms with Gasteiger partial charge in [-0.05, 0) is 59.3 Å². The summed E-state index contributed by atoms with van der Waals surface area (Å²) >= 11 is 0. The summed E-state index contributed by atoms with van der Waals surface area (Å²) in [4.78, 5) is 12.4. The van der Waals surface area contributed by atoms with E-state index in [9.17, 15) is 4.79 Å². The van der Waals surface area contributed by atoms with Crippen molar-refractivity contribution in [2.45, 2.75) is 6.92 Å². The lowest BCUT2D eigenvalue weighted by Crippen LogP contribution is -2.16. The number of carbonyl (C=O) groups is 1. The van der Waals surface area contributed by atoms with E-state index in [1.165, 1.54) is 10.9 Å². The van der Waals surface area contributed by atoms with E-state index in [2.05, 4.69) is 58.6 Å². The van der Waals surface area contributed by atoms with Crippen LogP contribution in [0.25, 0.3) is 22.0 Å². The molecule has 2 aromatic heterocycles. The van der Waals surface area contributed by atoms with E-state index in [0.29, 0.717) is 5.69 Å². The predicted octanol–water partition coefficient (Wildman–Crippen LogP) is 4.14. The largest absolute Gasteiger partial charge is 0.351 e. The normalized spacial score (nSPS) is 11.0. The van der Waals surface area contributed by atoms with Gasteiger partial charge in [-0.2, -0.15) is 5.10 Å². The van der Waals surface area contributed by atoms with Gasteiger partial charge >= 0.3 is 0 Å². The Bertz CT molecular complexity index is 1120. The number of aromatic nitrogens is 3. The molecule has 4 rings (SSSR count). The van der Waals surface area contributed by atoms with E-state index in [4.69, 9.17) is 0 Å². The Morgan fingerprint density at radius 2 is 1.77 bits per heavy atom. The fourth-order valence-corrected chi connectivity index (χ4v) is 3.21. The fraction of sp³-hybridized carbons (Fsp3) is 0.143. The van der Waals surface area contributed by atoms with Crippen LogP contribution in [0.5, 0.6) is 0 Å². The number of nitrogens with one attached hydrogen (secondary N) is 1. The van der Waals surface area contributed by atoms with Crippen molar-refractivity contribution < 1.29 is 4.79 Å². The summed E-state index contributed by atoms with van der Waals surface area (Å²) in [6, 6.07) is 16.4. The first-order valence-electron chi connectivity index (χ1n) is 8.48. The molecule has 0 aliphatic heterocycles. The summed E-state index contributed by atoms with van der Waals surface area (Å²) in [5.41, 5.74) is 5.84. The molecule has 0 aliphatic rings. The minimum atomic E-state index is -0.161. The first-order valence-corrected chi connectivity index (χ1v) is 8.48. The SMILES string of the molecule is Cc1cc(-c2ccc3ccn(C)c3c2)ccc1NC(=O)c1ccnn1C. The number of rotatable bonds is 3. The standard InChI is InChI=1S/C21H20N4O/c1-14-12-16(17-5-4-15-9-11-24(2)20(15)13-17)6-7-18(14)23-21(26)19-8-10-22-25(19)3/h4-13H,1-3H3,(H,23,26). The molecule has 1 amide bonds. The first-order chi connectivity index (χ1) is 12.5. The van der Waals surface area contributed by atoms with E-state index < -0.39 is 0 Å². The summed E-state index contributed by atoms with van der Waals surface area (Å²) < 4.78 is 3.68. The Morgan fingerprint density at radius 1 is 1.00 bits per heavy atom. The summed E-state index contributed by atoms with van der Waals surface area (Å²) in [5.74, 6) is -0.161. The maximum absolute atomic E-state index is 12.4. The Hall–Kier alpha value is -3.34. The van der Waals surface area contributed by atoms with Crippen molar-refractivity contribution in [3.05, 3.63) is 72.2 Å². The summed E-state index contributed by atoms with van der Waals surface area (Å²) in [6.07, 6.45) is 3.68. The number of amides is 1. The molecule has 26 heavy (non-hydrogen) atoms. The number of carbonyl (C=O) groups excluding carboxylic acids is 1. The third-order valence-electron chi connectivity index (χ3n) is 4.75. The molecule has 5 heteroatoms. The van der Waals surface area contributed by atoms with Crippen LogP contribution in [0.3, 0.4) is 0 Å². The zero-order chi connectivity index (χ0) is 18.3. The second-order valence-electron chi connectivity index (χ2n) is 6.52. The molecule has 0 bridgehead atoms. The van der Waals surface area contributed by atoms with Gasteiger partial charge in [-0.3, -0.25) is 9.48 Å². The third kappa shape index (κ3) is 2.77. The van der Waals surface area contributed by atoms with Crippen LogP contribution in [0.2, 0.25) is 0 Å². The zero-order valence-corrected chi connectivity index (χ0v) is 15.0. The number of hydrogen-bond acceptors (Lipinski definition) is 2. The second-order valence-corrected chi connectivity index (χ2v) is 6.52. The molecule has 0 fully saturated rings. The van der Waals surface area contributed by atoms with Crippen LogP contribution in [0, 0.1) is 6.92 Å². The smallest absolute Gasteiger partial charge is 0.273 e. The second kappa shape index (κ2) is 6.19. The van der Waals surface area contributed by atoms with Gasteiger partial charge in [-0.15, -0.1) is 0 Å². The van der Waals surface area contributed by atoms with Crippen LogP contribution >= 0.6 is 0 Å².